The number of amides is 1. The van der Waals surface area contributed by atoms with E-state index in [1.54, 1.807) is 31.3 Å². The highest BCUT2D eigenvalue weighted by atomic mass is 16.5. The molecule has 0 bridgehead atoms. The number of nitrogens with zero attached hydrogens (tertiary/aromatic N) is 3. The third kappa shape index (κ3) is 4.89. The first-order chi connectivity index (χ1) is 14.5. The van der Waals surface area contributed by atoms with Crippen LogP contribution in [0, 0.1) is 6.92 Å². The molecule has 0 saturated carbocycles. The summed E-state index contributed by atoms with van der Waals surface area (Å²) >= 11 is 0. The maximum absolute atomic E-state index is 12.6. The minimum Gasteiger partial charge on any atom is -0.493 e. The van der Waals surface area contributed by atoms with E-state index < -0.39 is 0 Å². The minimum absolute atomic E-state index is 0.0602. The minimum atomic E-state index is -0.161. The molecule has 0 unspecified atom stereocenters. The zero-order chi connectivity index (χ0) is 21.5. The molecule has 1 aromatic heterocycles. The van der Waals surface area contributed by atoms with Crippen LogP contribution in [-0.4, -0.2) is 48.3 Å². The number of aromatic nitrogens is 2. The molecule has 1 heterocycles. The van der Waals surface area contributed by atoms with E-state index in [2.05, 4.69) is 10.1 Å². The summed E-state index contributed by atoms with van der Waals surface area (Å²) in [6.45, 7) is 4.45. The van der Waals surface area contributed by atoms with Crippen LogP contribution >= 0.6 is 0 Å². The number of likely N-dealkylation sites (N-methyl/N-ethyl adjacent to an activating group) is 1. The number of hydrogen-bond acceptors (Lipinski definition) is 7. The molecule has 0 spiro atoms. The van der Waals surface area contributed by atoms with E-state index >= 15 is 0 Å². The highest BCUT2D eigenvalue weighted by molar-refractivity contribution is 5.77. The molecule has 3 aromatic rings. The second-order valence-corrected chi connectivity index (χ2v) is 6.54. The van der Waals surface area contributed by atoms with Crippen LogP contribution in [0.1, 0.15) is 18.4 Å². The second-order valence-electron chi connectivity index (χ2n) is 6.54. The van der Waals surface area contributed by atoms with Crippen LogP contribution < -0.4 is 14.2 Å². The van der Waals surface area contributed by atoms with Gasteiger partial charge in [-0.15, -0.1) is 0 Å². The number of ether oxygens (including phenoxy) is 3. The number of rotatable bonds is 9. The first-order valence-corrected chi connectivity index (χ1v) is 9.56. The quantitative estimate of drug-likeness (QED) is 0.533. The normalized spacial score (nSPS) is 10.5. The standard InChI is InChI=1S/C22H25N3O5/c1-5-25(21(26)14-29-17-9-7-6-8-15(17)2)13-20-23-22(24-30-20)16-10-11-18(27-3)19(12-16)28-4/h6-12H,5,13-14H2,1-4H3. The third-order valence-corrected chi connectivity index (χ3v) is 4.62. The summed E-state index contributed by atoms with van der Waals surface area (Å²) in [5.74, 6) is 2.46. The molecule has 0 aliphatic carbocycles. The van der Waals surface area contributed by atoms with Crippen LogP contribution in [0.15, 0.2) is 47.0 Å². The lowest BCUT2D eigenvalue weighted by molar-refractivity contribution is -0.134. The van der Waals surface area contributed by atoms with Crippen molar-refractivity contribution in [3.8, 4) is 28.6 Å². The molecule has 0 radical (unpaired) electrons. The Morgan fingerprint density at radius 2 is 1.83 bits per heavy atom. The summed E-state index contributed by atoms with van der Waals surface area (Å²) < 4.78 is 21.6. The fourth-order valence-corrected chi connectivity index (χ4v) is 2.90. The Bertz CT molecular complexity index is 1000. The van der Waals surface area contributed by atoms with Crippen LogP contribution in [0.3, 0.4) is 0 Å². The van der Waals surface area contributed by atoms with Gasteiger partial charge in [0.2, 0.25) is 11.7 Å². The van der Waals surface area contributed by atoms with Crippen molar-refractivity contribution >= 4 is 5.91 Å². The van der Waals surface area contributed by atoms with Crippen LogP contribution in [0.5, 0.6) is 17.2 Å². The number of aryl methyl sites for hydroxylation is 1. The van der Waals surface area contributed by atoms with Crippen LogP contribution in [-0.2, 0) is 11.3 Å². The summed E-state index contributed by atoms with van der Waals surface area (Å²) in [6, 6.07) is 12.9. The monoisotopic (exact) mass is 411 g/mol. The van der Waals surface area contributed by atoms with Crippen molar-refractivity contribution < 1.29 is 23.5 Å². The van der Waals surface area contributed by atoms with Crippen LogP contribution in [0.2, 0.25) is 0 Å². The molecule has 8 nitrogen and oxygen atoms in total. The van der Waals surface area contributed by atoms with E-state index in [4.69, 9.17) is 18.7 Å². The first kappa shape index (κ1) is 21.2. The highest BCUT2D eigenvalue weighted by Crippen LogP contribution is 2.31. The maximum Gasteiger partial charge on any atom is 0.260 e. The van der Waals surface area contributed by atoms with Gasteiger partial charge in [0.05, 0.1) is 14.2 Å². The van der Waals surface area contributed by atoms with E-state index in [0.29, 0.717) is 35.5 Å². The van der Waals surface area contributed by atoms with Gasteiger partial charge in [-0.05, 0) is 43.7 Å². The maximum atomic E-state index is 12.6. The summed E-state index contributed by atoms with van der Waals surface area (Å²) in [5.41, 5.74) is 1.70. The second kappa shape index (κ2) is 9.78. The fraction of sp³-hybridized carbons (Fsp3) is 0.318. The number of benzene rings is 2. The van der Waals surface area contributed by atoms with E-state index in [0.717, 1.165) is 11.1 Å². The van der Waals surface area contributed by atoms with Gasteiger partial charge in [0.15, 0.2) is 18.1 Å². The molecular weight excluding hydrogens is 386 g/mol. The smallest absolute Gasteiger partial charge is 0.260 e. The van der Waals surface area contributed by atoms with Crippen molar-refractivity contribution in [1.82, 2.24) is 15.0 Å². The van der Waals surface area contributed by atoms with Crippen molar-refractivity contribution in [2.75, 3.05) is 27.4 Å². The van der Waals surface area contributed by atoms with Gasteiger partial charge in [-0.2, -0.15) is 4.98 Å². The fourth-order valence-electron chi connectivity index (χ4n) is 2.90. The van der Waals surface area contributed by atoms with Crippen molar-refractivity contribution in [3.05, 3.63) is 53.9 Å². The largest absolute Gasteiger partial charge is 0.493 e. The van der Waals surface area contributed by atoms with E-state index in [1.807, 2.05) is 44.2 Å². The van der Waals surface area contributed by atoms with Gasteiger partial charge in [0, 0.05) is 12.1 Å². The molecule has 0 N–H and O–H groups in total. The average Bonchev–Trinajstić information content (AvgIpc) is 3.24. The summed E-state index contributed by atoms with van der Waals surface area (Å²) in [5, 5.41) is 4.02. The number of carbonyl (C=O) groups is 1. The number of carbonyl (C=O) groups excluding carboxylic acids is 1. The molecule has 0 fully saturated rings. The van der Waals surface area contributed by atoms with Gasteiger partial charge in [-0.25, -0.2) is 0 Å². The zero-order valence-corrected chi connectivity index (χ0v) is 17.5. The van der Waals surface area contributed by atoms with Crippen molar-refractivity contribution in [3.63, 3.8) is 0 Å². The molecule has 2 aromatic carbocycles. The predicted molar refractivity (Wildman–Crippen MR) is 111 cm³/mol. The molecule has 1 amide bonds. The van der Waals surface area contributed by atoms with E-state index in [-0.39, 0.29) is 19.1 Å². The molecule has 0 aliphatic heterocycles. The molecule has 0 atom stereocenters. The van der Waals surface area contributed by atoms with E-state index in [9.17, 15) is 4.79 Å². The Hall–Kier alpha value is -3.55. The third-order valence-electron chi connectivity index (χ3n) is 4.62. The molecule has 0 aliphatic rings. The van der Waals surface area contributed by atoms with Crippen molar-refractivity contribution in [2.24, 2.45) is 0 Å². The van der Waals surface area contributed by atoms with Crippen molar-refractivity contribution in [2.45, 2.75) is 20.4 Å². The number of methoxy groups -OCH3 is 2. The predicted octanol–water partition coefficient (Wildman–Crippen LogP) is 3.49. The summed E-state index contributed by atoms with van der Waals surface area (Å²) in [4.78, 5) is 18.6. The van der Waals surface area contributed by atoms with Crippen LogP contribution in [0.25, 0.3) is 11.4 Å². The Balaban J connectivity index is 1.66. The topological polar surface area (TPSA) is 86.9 Å². The van der Waals surface area contributed by atoms with E-state index in [1.165, 1.54) is 0 Å². The van der Waals surface area contributed by atoms with Gasteiger partial charge in [-0.1, -0.05) is 23.4 Å². The molecule has 0 saturated heterocycles. The highest BCUT2D eigenvalue weighted by Gasteiger charge is 2.18. The van der Waals surface area contributed by atoms with Crippen molar-refractivity contribution in [1.29, 1.82) is 0 Å². The SMILES string of the molecule is CCN(Cc1nc(-c2ccc(OC)c(OC)c2)no1)C(=O)COc1ccccc1C. The first-order valence-electron chi connectivity index (χ1n) is 9.56. The van der Waals surface area contributed by atoms with Gasteiger partial charge in [0.1, 0.15) is 12.3 Å². The molecule has 158 valence electrons. The molecule has 30 heavy (non-hydrogen) atoms. The summed E-state index contributed by atoms with van der Waals surface area (Å²) in [6.07, 6.45) is 0. The Morgan fingerprint density at radius 1 is 1.07 bits per heavy atom. The lowest BCUT2D eigenvalue weighted by Crippen LogP contribution is -2.34. The zero-order valence-electron chi connectivity index (χ0n) is 17.5. The van der Waals surface area contributed by atoms with Gasteiger partial charge < -0.3 is 23.6 Å². The van der Waals surface area contributed by atoms with Gasteiger partial charge >= 0.3 is 0 Å². The lowest BCUT2D eigenvalue weighted by Gasteiger charge is -2.19. The Kier molecular flexibility index (Phi) is 6.90. The summed E-state index contributed by atoms with van der Waals surface area (Å²) in [7, 11) is 3.14. The van der Waals surface area contributed by atoms with Gasteiger partial charge in [-0.3, -0.25) is 4.79 Å². The number of hydrogen-bond donors (Lipinski definition) is 0. The molecule has 8 heteroatoms. The van der Waals surface area contributed by atoms with Gasteiger partial charge in [0.25, 0.3) is 5.91 Å². The lowest BCUT2D eigenvalue weighted by atomic mass is 10.2. The Morgan fingerprint density at radius 3 is 2.53 bits per heavy atom. The molecular formula is C22H25N3O5. The van der Waals surface area contributed by atoms with Crippen LogP contribution in [0.4, 0.5) is 0 Å². The average molecular weight is 411 g/mol. The molecule has 3 rings (SSSR count). The number of para-hydroxylation sites is 1. The Labute approximate surface area is 175 Å².